The third-order valence-electron chi connectivity index (χ3n) is 5.52. The summed E-state index contributed by atoms with van der Waals surface area (Å²) in [6, 6.07) is 15.1. The second-order valence-electron chi connectivity index (χ2n) is 7.72. The van der Waals surface area contributed by atoms with Crippen LogP contribution in [0.1, 0.15) is 45.8 Å². The van der Waals surface area contributed by atoms with Crippen LogP contribution < -0.4 is 4.57 Å². The molecule has 0 saturated heterocycles. The number of rotatable bonds is 1. The molecule has 0 N–H and O–H groups in total. The zero-order valence-corrected chi connectivity index (χ0v) is 16.8. The first-order valence-electron chi connectivity index (χ1n) is 10.4. The molecule has 0 bridgehead atoms. The minimum Gasteiger partial charge on any atom is -0.201 e. The van der Waals surface area contributed by atoms with Crippen molar-refractivity contribution in [1.29, 1.82) is 0 Å². The highest BCUT2D eigenvalue weighted by molar-refractivity contribution is 7.99. The summed E-state index contributed by atoms with van der Waals surface area (Å²) >= 11 is 1.82. The molecular weight excluding hydrogens is 334 g/mol. The highest BCUT2D eigenvalue weighted by atomic mass is 32.2. The molecule has 3 aromatic rings. The van der Waals surface area contributed by atoms with E-state index in [9.17, 15) is 0 Å². The normalized spacial score (nSPS) is 16.9. The number of benzene rings is 2. The third kappa shape index (κ3) is 2.51. The zero-order valence-electron chi connectivity index (χ0n) is 19.0. The SMILES string of the molecule is [2H]C([2H])([2H])c1c[n+](C)c(-c2c(C)ccc3c2C(C)(C)c2ccccc2S3)cc1C. The molecule has 0 radical (unpaired) electrons. The summed E-state index contributed by atoms with van der Waals surface area (Å²) in [6.07, 6.45) is 1.77. The van der Waals surface area contributed by atoms with Gasteiger partial charge >= 0.3 is 0 Å². The summed E-state index contributed by atoms with van der Waals surface area (Å²) in [5.74, 6) is 0. The molecule has 0 spiro atoms. The van der Waals surface area contributed by atoms with Crippen LogP contribution in [0.15, 0.2) is 58.5 Å². The fourth-order valence-corrected chi connectivity index (χ4v) is 5.46. The van der Waals surface area contributed by atoms with Gasteiger partial charge in [-0.05, 0) is 55.1 Å². The van der Waals surface area contributed by atoms with Gasteiger partial charge in [-0.25, -0.2) is 4.57 Å². The Hall–Kier alpha value is -2.06. The van der Waals surface area contributed by atoms with Crippen molar-refractivity contribution >= 4 is 11.8 Å². The van der Waals surface area contributed by atoms with Gasteiger partial charge in [0.1, 0.15) is 7.05 Å². The number of fused-ring (bicyclic) bond motifs is 2. The van der Waals surface area contributed by atoms with E-state index in [0.29, 0.717) is 5.56 Å². The minimum absolute atomic E-state index is 0.151. The Bertz CT molecular complexity index is 1130. The van der Waals surface area contributed by atoms with Gasteiger partial charge in [0.25, 0.3) is 0 Å². The van der Waals surface area contributed by atoms with Gasteiger partial charge in [-0.15, -0.1) is 0 Å². The van der Waals surface area contributed by atoms with Gasteiger partial charge in [0.15, 0.2) is 6.20 Å². The lowest BCUT2D eigenvalue weighted by molar-refractivity contribution is -0.660. The number of pyridine rings is 1. The first kappa shape index (κ1) is 14.1. The molecule has 26 heavy (non-hydrogen) atoms. The van der Waals surface area contributed by atoms with Gasteiger partial charge < -0.3 is 0 Å². The van der Waals surface area contributed by atoms with Crippen LogP contribution in [0, 0.1) is 20.7 Å². The Morgan fingerprint density at radius 3 is 2.50 bits per heavy atom. The summed E-state index contributed by atoms with van der Waals surface area (Å²) in [4.78, 5) is 2.57. The molecule has 2 heteroatoms. The van der Waals surface area contributed by atoms with Gasteiger partial charge in [0, 0.05) is 30.9 Å². The van der Waals surface area contributed by atoms with E-state index in [0.717, 1.165) is 11.3 Å². The molecule has 132 valence electrons. The second kappa shape index (κ2) is 5.99. The molecule has 2 aromatic carbocycles. The van der Waals surface area contributed by atoms with Crippen molar-refractivity contribution < 1.29 is 8.68 Å². The quantitative estimate of drug-likeness (QED) is 0.487. The van der Waals surface area contributed by atoms with E-state index in [4.69, 9.17) is 4.11 Å². The van der Waals surface area contributed by atoms with E-state index >= 15 is 0 Å². The van der Waals surface area contributed by atoms with E-state index in [1.54, 1.807) is 6.20 Å². The number of aromatic nitrogens is 1. The minimum atomic E-state index is -2.11. The Kier molecular flexibility index (Phi) is 3.24. The van der Waals surface area contributed by atoms with Crippen LogP contribution in [0.25, 0.3) is 11.3 Å². The molecule has 0 aliphatic carbocycles. The van der Waals surface area contributed by atoms with Crippen molar-refractivity contribution in [2.24, 2.45) is 7.05 Å². The Labute approximate surface area is 165 Å². The predicted molar refractivity (Wildman–Crippen MR) is 110 cm³/mol. The molecule has 0 amide bonds. The van der Waals surface area contributed by atoms with E-state index in [1.165, 1.54) is 32.0 Å². The average molecular weight is 364 g/mol. The number of nitrogens with zero attached hydrogens (tertiary/aromatic N) is 1. The van der Waals surface area contributed by atoms with E-state index in [2.05, 4.69) is 57.2 Å². The lowest BCUT2D eigenvalue weighted by atomic mass is 9.74. The van der Waals surface area contributed by atoms with E-state index in [-0.39, 0.29) is 5.41 Å². The van der Waals surface area contributed by atoms with Crippen molar-refractivity contribution in [2.45, 2.75) is 49.8 Å². The van der Waals surface area contributed by atoms with Crippen molar-refractivity contribution in [1.82, 2.24) is 0 Å². The number of hydrogen-bond acceptors (Lipinski definition) is 1. The molecule has 1 nitrogen and oxygen atoms in total. The largest absolute Gasteiger partial charge is 0.213 e. The third-order valence-corrected chi connectivity index (χ3v) is 6.65. The van der Waals surface area contributed by atoms with Gasteiger partial charge in [0.05, 0.1) is 5.56 Å². The molecule has 1 aromatic heterocycles. The van der Waals surface area contributed by atoms with Crippen molar-refractivity contribution in [3.63, 3.8) is 0 Å². The van der Waals surface area contributed by atoms with Crippen molar-refractivity contribution in [2.75, 3.05) is 0 Å². The standard InChI is InChI=1S/C24H26NS/c1-15-11-12-21-23(22(15)19-13-16(2)17(3)14-25(19)6)24(4,5)18-9-7-8-10-20(18)26-21/h7-14H,1-6H3/q+1/i3D3. The maximum Gasteiger partial charge on any atom is 0.213 e. The lowest BCUT2D eigenvalue weighted by Crippen LogP contribution is -2.34. The monoisotopic (exact) mass is 363 g/mol. The van der Waals surface area contributed by atoms with Crippen LogP contribution in [-0.2, 0) is 12.5 Å². The fourth-order valence-electron chi connectivity index (χ4n) is 4.05. The van der Waals surface area contributed by atoms with E-state index < -0.39 is 6.85 Å². The van der Waals surface area contributed by atoms with Gasteiger partial charge in [-0.1, -0.05) is 49.9 Å². The molecule has 0 fully saturated rings. The molecule has 1 aliphatic rings. The van der Waals surface area contributed by atoms with Crippen molar-refractivity contribution in [3.8, 4) is 11.3 Å². The molecular formula is C24H26NS+. The first-order valence-corrected chi connectivity index (χ1v) is 9.76. The maximum absolute atomic E-state index is 7.84. The second-order valence-corrected chi connectivity index (χ2v) is 8.80. The summed E-state index contributed by atoms with van der Waals surface area (Å²) in [5.41, 5.74) is 7.17. The summed E-state index contributed by atoms with van der Waals surface area (Å²) in [6.45, 7) is 6.50. The summed E-state index contributed by atoms with van der Waals surface area (Å²) < 4.78 is 25.5. The first-order chi connectivity index (χ1) is 13.5. The highest BCUT2D eigenvalue weighted by Crippen LogP contribution is 2.52. The molecule has 0 unspecified atom stereocenters. The van der Waals surface area contributed by atoms with Crippen LogP contribution in [0.5, 0.6) is 0 Å². The summed E-state index contributed by atoms with van der Waals surface area (Å²) in [7, 11) is 1.94. The summed E-state index contributed by atoms with van der Waals surface area (Å²) in [5, 5.41) is 0. The van der Waals surface area contributed by atoms with Crippen LogP contribution >= 0.6 is 11.8 Å². The molecule has 4 rings (SSSR count). The Morgan fingerprint density at radius 1 is 0.962 bits per heavy atom. The smallest absolute Gasteiger partial charge is 0.201 e. The van der Waals surface area contributed by atoms with E-state index in [1.807, 2.05) is 36.4 Å². The fraction of sp³-hybridized carbons (Fsp3) is 0.292. The highest BCUT2D eigenvalue weighted by Gasteiger charge is 2.37. The van der Waals surface area contributed by atoms with Crippen LogP contribution in [0.2, 0.25) is 0 Å². The maximum atomic E-state index is 7.84. The van der Waals surface area contributed by atoms with Crippen LogP contribution in [-0.4, -0.2) is 0 Å². The Balaban J connectivity index is 2.01. The zero-order chi connectivity index (χ0) is 21.1. The predicted octanol–water partition coefficient (Wildman–Crippen LogP) is 5.89. The molecule has 0 atom stereocenters. The molecule has 1 aliphatic heterocycles. The molecule has 0 saturated carbocycles. The molecule has 2 heterocycles. The Morgan fingerprint density at radius 2 is 1.73 bits per heavy atom. The van der Waals surface area contributed by atoms with Crippen LogP contribution in [0.3, 0.4) is 0 Å². The lowest BCUT2D eigenvalue weighted by Gasteiger charge is -2.36. The number of hydrogen-bond donors (Lipinski definition) is 0. The van der Waals surface area contributed by atoms with Gasteiger partial charge in [0.2, 0.25) is 5.69 Å². The van der Waals surface area contributed by atoms with Crippen molar-refractivity contribution in [3.05, 3.63) is 76.5 Å². The van der Waals surface area contributed by atoms with Gasteiger partial charge in [-0.3, -0.25) is 0 Å². The average Bonchev–Trinajstić information content (AvgIpc) is 2.63. The van der Waals surface area contributed by atoms with Gasteiger partial charge in [-0.2, -0.15) is 0 Å². The topological polar surface area (TPSA) is 3.88 Å². The number of aryl methyl sites for hydroxylation is 4. The van der Waals surface area contributed by atoms with Crippen LogP contribution in [0.4, 0.5) is 0 Å².